The second-order valence-corrected chi connectivity index (χ2v) is 4.45. The number of hydrogen-bond acceptors (Lipinski definition) is 1. The molecule has 0 amide bonds. The third-order valence-electron chi connectivity index (χ3n) is 2.82. The molecule has 1 atom stereocenters. The number of rotatable bonds is 4. The largest absolute Gasteiger partial charge is 0.310 e. The Hall–Kier alpha value is -0.600. The summed E-state index contributed by atoms with van der Waals surface area (Å²) in [7, 11) is 0. The molecule has 0 spiro atoms. The smallest absolute Gasteiger partial charge is 0.142 e. The van der Waals surface area contributed by atoms with E-state index in [1.165, 1.54) is 12.8 Å². The van der Waals surface area contributed by atoms with E-state index in [9.17, 15) is 4.39 Å². The Bertz CT molecular complexity index is 349. The standard InChI is InChI=1S/C12H15ClFN/c1-2-15-12(8-3-4-8)9-5-6-10(13)11(14)7-9/h5-8,12,15H,2-4H2,1H3. The lowest BCUT2D eigenvalue weighted by Gasteiger charge is -2.17. The van der Waals surface area contributed by atoms with Crippen LogP contribution in [-0.2, 0) is 0 Å². The average molecular weight is 228 g/mol. The molecule has 1 aliphatic carbocycles. The van der Waals surface area contributed by atoms with Gasteiger partial charge in [-0.15, -0.1) is 0 Å². The summed E-state index contributed by atoms with van der Waals surface area (Å²) in [6.07, 6.45) is 2.48. The Morgan fingerprint density at radius 1 is 1.53 bits per heavy atom. The predicted molar refractivity (Wildman–Crippen MR) is 60.6 cm³/mol. The Morgan fingerprint density at radius 3 is 2.80 bits per heavy atom. The summed E-state index contributed by atoms with van der Waals surface area (Å²) >= 11 is 5.66. The first kappa shape index (κ1) is 10.9. The first-order chi connectivity index (χ1) is 7.22. The van der Waals surface area contributed by atoms with Crippen LogP contribution in [0.3, 0.4) is 0 Å². The molecule has 1 aliphatic rings. The van der Waals surface area contributed by atoms with E-state index in [0.29, 0.717) is 12.0 Å². The summed E-state index contributed by atoms with van der Waals surface area (Å²) in [6, 6.07) is 5.39. The third kappa shape index (κ3) is 2.50. The Balaban J connectivity index is 2.21. The van der Waals surface area contributed by atoms with E-state index in [1.807, 2.05) is 6.07 Å². The fraction of sp³-hybridized carbons (Fsp3) is 0.500. The molecule has 1 fully saturated rings. The summed E-state index contributed by atoms with van der Waals surface area (Å²) < 4.78 is 13.3. The molecule has 0 heterocycles. The van der Waals surface area contributed by atoms with E-state index in [-0.39, 0.29) is 10.8 Å². The normalized spacial score (nSPS) is 17.8. The van der Waals surface area contributed by atoms with E-state index in [1.54, 1.807) is 12.1 Å². The first-order valence-electron chi connectivity index (χ1n) is 5.40. The van der Waals surface area contributed by atoms with Crippen molar-refractivity contribution < 1.29 is 4.39 Å². The molecule has 1 N–H and O–H groups in total. The predicted octanol–water partition coefficient (Wildman–Crippen LogP) is 3.54. The van der Waals surface area contributed by atoms with Crippen LogP contribution in [0.15, 0.2) is 18.2 Å². The van der Waals surface area contributed by atoms with Gasteiger partial charge in [0.2, 0.25) is 0 Å². The van der Waals surface area contributed by atoms with Gasteiger partial charge in [-0.2, -0.15) is 0 Å². The van der Waals surface area contributed by atoms with E-state index in [2.05, 4.69) is 12.2 Å². The summed E-state index contributed by atoms with van der Waals surface area (Å²) in [4.78, 5) is 0. The van der Waals surface area contributed by atoms with Gasteiger partial charge in [-0.3, -0.25) is 0 Å². The van der Waals surface area contributed by atoms with Gasteiger partial charge in [0, 0.05) is 6.04 Å². The molecular weight excluding hydrogens is 213 g/mol. The van der Waals surface area contributed by atoms with Gasteiger partial charge in [0.1, 0.15) is 5.82 Å². The molecule has 1 saturated carbocycles. The highest BCUT2D eigenvalue weighted by Crippen LogP contribution is 2.41. The first-order valence-corrected chi connectivity index (χ1v) is 5.78. The van der Waals surface area contributed by atoms with Crippen molar-refractivity contribution in [2.75, 3.05) is 6.54 Å². The molecule has 0 bridgehead atoms. The van der Waals surface area contributed by atoms with Crippen molar-refractivity contribution in [2.45, 2.75) is 25.8 Å². The van der Waals surface area contributed by atoms with Gasteiger partial charge < -0.3 is 5.32 Å². The minimum absolute atomic E-state index is 0.199. The van der Waals surface area contributed by atoms with Crippen LogP contribution in [0.5, 0.6) is 0 Å². The summed E-state index contributed by atoms with van der Waals surface area (Å²) in [5, 5.41) is 3.60. The molecule has 0 radical (unpaired) electrons. The van der Waals surface area contributed by atoms with Gasteiger partial charge in [-0.05, 0) is 43.0 Å². The van der Waals surface area contributed by atoms with Gasteiger partial charge in [0.25, 0.3) is 0 Å². The molecule has 0 aromatic heterocycles. The van der Waals surface area contributed by atoms with Crippen LogP contribution >= 0.6 is 11.6 Å². The van der Waals surface area contributed by atoms with E-state index < -0.39 is 0 Å². The molecule has 2 rings (SSSR count). The highest BCUT2D eigenvalue weighted by molar-refractivity contribution is 6.30. The Kier molecular flexibility index (Phi) is 3.27. The van der Waals surface area contributed by atoms with Crippen LogP contribution in [0, 0.1) is 11.7 Å². The van der Waals surface area contributed by atoms with Crippen molar-refractivity contribution in [3.05, 3.63) is 34.6 Å². The van der Waals surface area contributed by atoms with Gasteiger partial charge in [-0.25, -0.2) is 4.39 Å². The minimum atomic E-state index is -0.322. The topological polar surface area (TPSA) is 12.0 Å². The van der Waals surface area contributed by atoms with Crippen molar-refractivity contribution in [3.8, 4) is 0 Å². The van der Waals surface area contributed by atoms with Gasteiger partial charge in [-0.1, -0.05) is 24.6 Å². The van der Waals surface area contributed by atoms with Crippen LogP contribution in [0.4, 0.5) is 4.39 Å². The van der Waals surface area contributed by atoms with Crippen molar-refractivity contribution in [2.24, 2.45) is 5.92 Å². The maximum atomic E-state index is 13.3. The molecule has 0 aliphatic heterocycles. The fourth-order valence-corrected chi connectivity index (χ4v) is 2.03. The molecule has 0 saturated heterocycles. The zero-order chi connectivity index (χ0) is 10.8. The van der Waals surface area contributed by atoms with Crippen molar-refractivity contribution in [3.63, 3.8) is 0 Å². The van der Waals surface area contributed by atoms with E-state index in [0.717, 1.165) is 12.1 Å². The molecule has 1 nitrogen and oxygen atoms in total. The van der Waals surface area contributed by atoms with E-state index in [4.69, 9.17) is 11.6 Å². The summed E-state index contributed by atoms with van der Waals surface area (Å²) in [5.41, 5.74) is 1.02. The number of nitrogens with one attached hydrogen (secondary N) is 1. The Labute approximate surface area is 94.6 Å². The van der Waals surface area contributed by atoms with Gasteiger partial charge >= 0.3 is 0 Å². The molecule has 1 aromatic rings. The highest BCUT2D eigenvalue weighted by atomic mass is 35.5. The molecule has 3 heteroatoms. The lowest BCUT2D eigenvalue weighted by atomic mass is 10.0. The van der Waals surface area contributed by atoms with Crippen LogP contribution in [-0.4, -0.2) is 6.54 Å². The quantitative estimate of drug-likeness (QED) is 0.830. The average Bonchev–Trinajstić information content (AvgIpc) is 3.02. The molecular formula is C12H15ClFN. The molecule has 1 unspecified atom stereocenters. The SMILES string of the molecule is CCNC(c1ccc(Cl)c(F)c1)C1CC1. The van der Waals surface area contributed by atoms with Crippen LogP contribution in [0.1, 0.15) is 31.4 Å². The lowest BCUT2D eigenvalue weighted by molar-refractivity contribution is 0.492. The van der Waals surface area contributed by atoms with Crippen LogP contribution in [0.25, 0.3) is 0 Å². The number of hydrogen-bond donors (Lipinski definition) is 1. The lowest BCUT2D eigenvalue weighted by Crippen LogP contribution is -2.22. The molecule has 82 valence electrons. The van der Waals surface area contributed by atoms with Crippen molar-refractivity contribution in [1.29, 1.82) is 0 Å². The van der Waals surface area contributed by atoms with Gasteiger partial charge in [0.15, 0.2) is 0 Å². The minimum Gasteiger partial charge on any atom is -0.310 e. The number of halogens is 2. The zero-order valence-electron chi connectivity index (χ0n) is 8.76. The van der Waals surface area contributed by atoms with Gasteiger partial charge in [0.05, 0.1) is 5.02 Å². The second kappa shape index (κ2) is 4.50. The maximum Gasteiger partial charge on any atom is 0.142 e. The van der Waals surface area contributed by atoms with Crippen LogP contribution < -0.4 is 5.32 Å². The van der Waals surface area contributed by atoms with Crippen LogP contribution in [0.2, 0.25) is 5.02 Å². The van der Waals surface area contributed by atoms with E-state index >= 15 is 0 Å². The fourth-order valence-electron chi connectivity index (χ4n) is 1.91. The maximum absolute atomic E-state index is 13.3. The zero-order valence-corrected chi connectivity index (χ0v) is 9.52. The third-order valence-corrected chi connectivity index (χ3v) is 3.13. The van der Waals surface area contributed by atoms with Crippen molar-refractivity contribution >= 4 is 11.6 Å². The number of benzene rings is 1. The Morgan fingerprint density at radius 2 is 2.27 bits per heavy atom. The molecule has 15 heavy (non-hydrogen) atoms. The monoisotopic (exact) mass is 227 g/mol. The molecule has 1 aromatic carbocycles. The summed E-state index contributed by atoms with van der Waals surface area (Å²) in [6.45, 7) is 2.98. The summed E-state index contributed by atoms with van der Waals surface area (Å²) in [5.74, 6) is 0.350. The highest BCUT2D eigenvalue weighted by Gasteiger charge is 2.31. The van der Waals surface area contributed by atoms with Crippen molar-refractivity contribution in [1.82, 2.24) is 5.32 Å². The second-order valence-electron chi connectivity index (χ2n) is 4.05.